The van der Waals surface area contributed by atoms with Crippen LogP contribution in [-0.4, -0.2) is 9.97 Å². The molecule has 1 aromatic carbocycles. The Kier molecular flexibility index (Phi) is 4.18. The molecule has 2 rings (SSSR count). The molecule has 0 saturated carbocycles. The van der Waals surface area contributed by atoms with Gasteiger partial charge in [0.25, 0.3) is 0 Å². The van der Waals surface area contributed by atoms with Crippen molar-refractivity contribution in [3.05, 3.63) is 46.0 Å². The van der Waals surface area contributed by atoms with E-state index in [4.69, 9.17) is 11.6 Å². The van der Waals surface area contributed by atoms with Gasteiger partial charge < -0.3 is 0 Å². The second-order valence-electron chi connectivity index (χ2n) is 4.49. The predicted octanol–water partition coefficient (Wildman–Crippen LogP) is 4.83. The Morgan fingerprint density at radius 3 is 2.38 bits per heavy atom. The molecule has 21 heavy (non-hydrogen) atoms. The highest BCUT2D eigenvalue weighted by Crippen LogP contribution is 2.33. The number of aromatic nitrogens is 2. The van der Waals surface area contributed by atoms with Crippen molar-refractivity contribution in [3.63, 3.8) is 0 Å². The number of hydrogen-bond donors (Lipinski definition) is 0. The second-order valence-corrected chi connectivity index (χ2v) is 4.85. The van der Waals surface area contributed by atoms with Crippen LogP contribution in [0.4, 0.5) is 17.6 Å². The van der Waals surface area contributed by atoms with Gasteiger partial charge in [-0.05, 0) is 31.5 Å². The summed E-state index contributed by atoms with van der Waals surface area (Å²) in [5.74, 6) is -1.02. The highest BCUT2D eigenvalue weighted by Gasteiger charge is 2.31. The number of aryl methyl sites for hydroxylation is 1. The number of nitrogens with zero attached hydrogens (tertiary/aromatic N) is 2. The average molecular weight is 319 g/mol. The molecule has 0 amide bonds. The predicted molar refractivity (Wildman–Crippen MR) is 71.6 cm³/mol. The molecule has 0 unspecified atom stereocenters. The molecule has 2 nitrogen and oxygen atoms in total. The number of alkyl halides is 3. The summed E-state index contributed by atoms with van der Waals surface area (Å²) >= 11 is 5.95. The molecule has 112 valence electrons. The minimum atomic E-state index is -4.64. The van der Waals surface area contributed by atoms with Crippen molar-refractivity contribution in [2.24, 2.45) is 0 Å². The van der Waals surface area contributed by atoms with E-state index in [-0.39, 0.29) is 16.5 Å². The largest absolute Gasteiger partial charge is 0.416 e. The molecular formula is C14H11ClF4N2. The summed E-state index contributed by atoms with van der Waals surface area (Å²) in [6.07, 6.45) is -4.10. The lowest BCUT2D eigenvalue weighted by molar-refractivity contribution is -0.137. The van der Waals surface area contributed by atoms with E-state index in [0.29, 0.717) is 23.7 Å². The summed E-state index contributed by atoms with van der Waals surface area (Å²) in [7, 11) is 0. The quantitative estimate of drug-likeness (QED) is 0.585. The SMILES string of the molecule is CCc1nc(-c2cc(F)cc(C(F)(F)F)c2)nc(Cl)c1C. The molecule has 0 bridgehead atoms. The van der Waals surface area contributed by atoms with Crippen LogP contribution in [0, 0.1) is 12.7 Å². The van der Waals surface area contributed by atoms with Crippen LogP contribution >= 0.6 is 11.6 Å². The average Bonchev–Trinajstić information content (AvgIpc) is 2.40. The Hall–Kier alpha value is -1.69. The van der Waals surface area contributed by atoms with Gasteiger partial charge in [-0.3, -0.25) is 0 Å². The second kappa shape index (κ2) is 5.60. The monoisotopic (exact) mass is 318 g/mol. The van der Waals surface area contributed by atoms with Crippen LogP contribution in [0.5, 0.6) is 0 Å². The fourth-order valence-electron chi connectivity index (χ4n) is 1.89. The molecule has 0 aliphatic heterocycles. The first kappa shape index (κ1) is 15.7. The summed E-state index contributed by atoms with van der Waals surface area (Å²) in [5, 5.41) is 0.148. The van der Waals surface area contributed by atoms with E-state index in [1.807, 2.05) is 6.92 Å². The van der Waals surface area contributed by atoms with Crippen molar-refractivity contribution in [2.45, 2.75) is 26.4 Å². The van der Waals surface area contributed by atoms with E-state index in [9.17, 15) is 17.6 Å². The summed E-state index contributed by atoms with van der Waals surface area (Å²) < 4.78 is 51.6. The molecule has 0 fully saturated rings. The molecule has 1 heterocycles. The normalized spacial score (nSPS) is 11.8. The minimum Gasteiger partial charge on any atom is -0.233 e. The van der Waals surface area contributed by atoms with E-state index in [1.165, 1.54) is 0 Å². The summed E-state index contributed by atoms with van der Waals surface area (Å²) in [5.41, 5.74) is 0.132. The van der Waals surface area contributed by atoms with Gasteiger partial charge in [0.2, 0.25) is 0 Å². The van der Waals surface area contributed by atoms with E-state index in [1.54, 1.807) is 6.92 Å². The van der Waals surface area contributed by atoms with Gasteiger partial charge in [-0.15, -0.1) is 0 Å². The maximum absolute atomic E-state index is 13.4. The molecule has 7 heteroatoms. The van der Waals surface area contributed by atoms with Gasteiger partial charge in [-0.2, -0.15) is 13.2 Å². The summed E-state index contributed by atoms with van der Waals surface area (Å²) in [6, 6.07) is 2.19. The first-order chi connectivity index (χ1) is 9.72. The smallest absolute Gasteiger partial charge is 0.233 e. The Bertz CT molecular complexity index is 683. The van der Waals surface area contributed by atoms with Gasteiger partial charge in [0.15, 0.2) is 5.82 Å². The zero-order valence-corrected chi connectivity index (χ0v) is 12.0. The van der Waals surface area contributed by atoms with Crippen molar-refractivity contribution in [3.8, 4) is 11.4 Å². The van der Waals surface area contributed by atoms with Crippen LogP contribution in [0.3, 0.4) is 0 Å². The van der Waals surface area contributed by atoms with Gasteiger partial charge in [0.05, 0.1) is 5.56 Å². The molecule has 1 aromatic heterocycles. The van der Waals surface area contributed by atoms with Crippen molar-refractivity contribution < 1.29 is 17.6 Å². The fourth-order valence-corrected chi connectivity index (χ4v) is 2.08. The molecule has 0 aliphatic carbocycles. The first-order valence-corrected chi connectivity index (χ1v) is 6.51. The molecule has 0 saturated heterocycles. The summed E-state index contributed by atoms with van der Waals surface area (Å²) in [4.78, 5) is 8.09. The van der Waals surface area contributed by atoms with E-state index >= 15 is 0 Å². The highest BCUT2D eigenvalue weighted by molar-refractivity contribution is 6.30. The van der Waals surface area contributed by atoms with Crippen LogP contribution < -0.4 is 0 Å². The third kappa shape index (κ3) is 3.32. The number of benzene rings is 1. The van der Waals surface area contributed by atoms with Crippen LogP contribution in [0.15, 0.2) is 18.2 Å². The lowest BCUT2D eigenvalue weighted by Gasteiger charge is -2.11. The van der Waals surface area contributed by atoms with Crippen molar-refractivity contribution in [1.29, 1.82) is 0 Å². The Morgan fingerprint density at radius 2 is 1.81 bits per heavy atom. The minimum absolute atomic E-state index is 0.0209. The Balaban J connectivity index is 2.62. The molecular weight excluding hydrogens is 308 g/mol. The molecule has 0 aliphatic rings. The lowest BCUT2D eigenvalue weighted by Crippen LogP contribution is -2.06. The van der Waals surface area contributed by atoms with Crippen LogP contribution in [0.25, 0.3) is 11.4 Å². The zero-order chi connectivity index (χ0) is 15.8. The standard InChI is InChI=1S/C14H11ClF4N2/c1-3-11-7(2)12(15)21-13(20-11)8-4-9(14(17,18)19)6-10(16)5-8/h4-6H,3H2,1-2H3. The lowest BCUT2D eigenvalue weighted by atomic mass is 10.1. The van der Waals surface area contributed by atoms with Crippen molar-refractivity contribution >= 4 is 11.6 Å². The van der Waals surface area contributed by atoms with Gasteiger partial charge in [-0.1, -0.05) is 18.5 Å². The third-order valence-electron chi connectivity index (χ3n) is 3.01. The summed E-state index contributed by atoms with van der Waals surface area (Å²) in [6.45, 7) is 3.56. The van der Waals surface area contributed by atoms with Gasteiger partial charge in [0, 0.05) is 16.8 Å². The Labute approximate surface area is 123 Å². The van der Waals surface area contributed by atoms with E-state index in [2.05, 4.69) is 9.97 Å². The highest BCUT2D eigenvalue weighted by atomic mass is 35.5. The van der Waals surface area contributed by atoms with E-state index < -0.39 is 17.6 Å². The molecule has 2 aromatic rings. The number of halogens is 5. The van der Waals surface area contributed by atoms with Crippen LogP contribution in [0.1, 0.15) is 23.7 Å². The van der Waals surface area contributed by atoms with Crippen molar-refractivity contribution in [1.82, 2.24) is 9.97 Å². The number of rotatable bonds is 2. The Morgan fingerprint density at radius 1 is 1.14 bits per heavy atom. The first-order valence-electron chi connectivity index (χ1n) is 6.13. The molecule has 0 atom stereocenters. The fraction of sp³-hybridized carbons (Fsp3) is 0.286. The van der Waals surface area contributed by atoms with Crippen molar-refractivity contribution in [2.75, 3.05) is 0 Å². The van der Waals surface area contributed by atoms with E-state index in [0.717, 1.165) is 12.1 Å². The molecule has 0 N–H and O–H groups in total. The van der Waals surface area contributed by atoms with Gasteiger partial charge in [0.1, 0.15) is 11.0 Å². The van der Waals surface area contributed by atoms with Crippen LogP contribution in [0.2, 0.25) is 5.15 Å². The zero-order valence-electron chi connectivity index (χ0n) is 11.2. The third-order valence-corrected chi connectivity index (χ3v) is 3.37. The molecule has 0 spiro atoms. The topological polar surface area (TPSA) is 25.8 Å². The maximum Gasteiger partial charge on any atom is 0.416 e. The van der Waals surface area contributed by atoms with Gasteiger partial charge >= 0.3 is 6.18 Å². The maximum atomic E-state index is 13.4. The number of hydrogen-bond acceptors (Lipinski definition) is 2. The van der Waals surface area contributed by atoms with Gasteiger partial charge in [-0.25, -0.2) is 14.4 Å². The van der Waals surface area contributed by atoms with Crippen LogP contribution in [-0.2, 0) is 12.6 Å². The molecule has 0 radical (unpaired) electrons.